The number of aliphatic carboxylic acids is 1. The summed E-state index contributed by atoms with van der Waals surface area (Å²) in [5.41, 5.74) is 0. The fourth-order valence-electron chi connectivity index (χ4n) is 1.47. The van der Waals surface area contributed by atoms with Crippen LogP contribution in [0.2, 0.25) is 15.1 Å². The Morgan fingerprint density at radius 1 is 1.30 bits per heavy atom. The van der Waals surface area contributed by atoms with Gasteiger partial charge in [-0.15, -0.1) is 0 Å². The Bertz CT molecular complexity index is 595. The molecule has 1 aromatic rings. The van der Waals surface area contributed by atoms with Crippen molar-refractivity contribution < 1.29 is 18.3 Å². The third-order valence-corrected chi connectivity index (χ3v) is 5.16. The van der Waals surface area contributed by atoms with Crippen molar-refractivity contribution in [3.8, 4) is 0 Å². The Balaban J connectivity index is 3.04. The molecule has 1 rings (SSSR count). The zero-order chi connectivity index (χ0) is 15.5. The molecule has 0 aliphatic heterocycles. The highest BCUT2D eigenvalue weighted by Crippen LogP contribution is 2.32. The van der Waals surface area contributed by atoms with Gasteiger partial charge in [-0.3, -0.25) is 4.79 Å². The van der Waals surface area contributed by atoms with Crippen LogP contribution in [0.1, 0.15) is 13.3 Å². The average molecular weight is 361 g/mol. The maximum atomic E-state index is 12.1. The molecule has 0 saturated carbocycles. The second-order valence-electron chi connectivity index (χ2n) is 3.99. The Morgan fingerprint density at radius 2 is 1.80 bits per heavy atom. The van der Waals surface area contributed by atoms with Crippen LogP contribution in [0.15, 0.2) is 17.0 Å². The molecular weight excluding hydrogens is 349 g/mol. The van der Waals surface area contributed by atoms with Crippen molar-refractivity contribution in [1.29, 1.82) is 0 Å². The van der Waals surface area contributed by atoms with Crippen molar-refractivity contribution in [3.63, 3.8) is 0 Å². The summed E-state index contributed by atoms with van der Waals surface area (Å²) in [5, 5.41) is 8.83. The summed E-state index contributed by atoms with van der Waals surface area (Å²) in [6.07, 6.45) is 0.292. The standard InChI is InChI=1S/C11H12Cl3NO4S/c1-2-6(11(16)17)5-15-20(18,19)10-8(13)3-7(12)4-9(10)14/h3-4,6,15H,2,5H2,1H3,(H,16,17). The van der Waals surface area contributed by atoms with E-state index >= 15 is 0 Å². The number of carbonyl (C=O) groups is 1. The van der Waals surface area contributed by atoms with Crippen LogP contribution < -0.4 is 4.72 Å². The first-order chi connectivity index (χ1) is 9.19. The van der Waals surface area contributed by atoms with Crippen LogP contribution in [0.4, 0.5) is 0 Å². The molecular formula is C11H12Cl3NO4S. The molecule has 1 unspecified atom stereocenters. The first-order valence-electron chi connectivity index (χ1n) is 5.56. The topological polar surface area (TPSA) is 83.5 Å². The summed E-state index contributed by atoms with van der Waals surface area (Å²) < 4.78 is 26.4. The molecule has 112 valence electrons. The van der Waals surface area contributed by atoms with E-state index in [0.29, 0.717) is 6.42 Å². The Morgan fingerprint density at radius 3 is 2.20 bits per heavy atom. The zero-order valence-electron chi connectivity index (χ0n) is 10.4. The number of carboxylic acid groups (broad SMARTS) is 1. The number of hydrogen-bond acceptors (Lipinski definition) is 3. The molecule has 1 atom stereocenters. The molecule has 0 radical (unpaired) electrons. The average Bonchev–Trinajstić information content (AvgIpc) is 2.26. The van der Waals surface area contributed by atoms with Crippen LogP contribution in [0.3, 0.4) is 0 Å². The number of nitrogens with one attached hydrogen (secondary N) is 1. The highest BCUT2D eigenvalue weighted by Gasteiger charge is 2.25. The van der Waals surface area contributed by atoms with Crippen molar-refractivity contribution in [3.05, 3.63) is 27.2 Å². The van der Waals surface area contributed by atoms with E-state index in [1.165, 1.54) is 12.1 Å². The Labute approximate surface area is 131 Å². The minimum atomic E-state index is -4.01. The fourth-order valence-corrected chi connectivity index (χ4v) is 4.10. The number of carboxylic acids is 1. The van der Waals surface area contributed by atoms with Crippen molar-refractivity contribution in [1.82, 2.24) is 4.72 Å². The molecule has 9 heteroatoms. The third kappa shape index (κ3) is 4.23. The van der Waals surface area contributed by atoms with E-state index < -0.39 is 21.9 Å². The Hall–Kier alpha value is -0.530. The number of halogens is 3. The van der Waals surface area contributed by atoms with Crippen LogP contribution in [0.5, 0.6) is 0 Å². The molecule has 0 heterocycles. The molecule has 1 aromatic carbocycles. The lowest BCUT2D eigenvalue weighted by atomic mass is 10.1. The summed E-state index contributed by atoms with van der Waals surface area (Å²) in [6.45, 7) is 1.40. The smallest absolute Gasteiger partial charge is 0.307 e. The van der Waals surface area contributed by atoms with Gasteiger partial charge in [0.25, 0.3) is 0 Å². The van der Waals surface area contributed by atoms with Gasteiger partial charge in [-0.25, -0.2) is 13.1 Å². The lowest BCUT2D eigenvalue weighted by Gasteiger charge is -2.13. The summed E-state index contributed by atoms with van der Waals surface area (Å²) in [6, 6.07) is 2.50. The summed E-state index contributed by atoms with van der Waals surface area (Å²) in [7, 11) is -4.01. The summed E-state index contributed by atoms with van der Waals surface area (Å²) in [5.74, 6) is -1.90. The van der Waals surface area contributed by atoms with E-state index in [2.05, 4.69) is 4.72 Å². The highest BCUT2D eigenvalue weighted by molar-refractivity contribution is 7.89. The van der Waals surface area contributed by atoms with E-state index in [1.807, 2.05) is 0 Å². The van der Waals surface area contributed by atoms with Crippen LogP contribution in [0, 0.1) is 5.92 Å². The van der Waals surface area contributed by atoms with Gasteiger partial charge >= 0.3 is 5.97 Å². The fraction of sp³-hybridized carbons (Fsp3) is 0.364. The molecule has 20 heavy (non-hydrogen) atoms. The largest absolute Gasteiger partial charge is 0.481 e. The molecule has 0 aliphatic rings. The molecule has 0 fully saturated rings. The van der Waals surface area contributed by atoms with Gasteiger partial charge in [0.1, 0.15) is 4.90 Å². The zero-order valence-corrected chi connectivity index (χ0v) is 13.4. The van der Waals surface area contributed by atoms with Gasteiger partial charge in [0.05, 0.1) is 16.0 Å². The molecule has 0 saturated heterocycles. The minimum Gasteiger partial charge on any atom is -0.481 e. The number of rotatable bonds is 6. The second kappa shape index (κ2) is 6.95. The lowest BCUT2D eigenvalue weighted by Crippen LogP contribution is -2.33. The lowest BCUT2D eigenvalue weighted by molar-refractivity contribution is -0.141. The first-order valence-corrected chi connectivity index (χ1v) is 8.17. The first kappa shape index (κ1) is 17.5. The number of hydrogen-bond donors (Lipinski definition) is 2. The Kier molecular flexibility index (Phi) is 6.09. The highest BCUT2D eigenvalue weighted by atomic mass is 35.5. The van der Waals surface area contributed by atoms with Gasteiger partial charge in [0, 0.05) is 11.6 Å². The van der Waals surface area contributed by atoms with Crippen LogP contribution >= 0.6 is 34.8 Å². The maximum Gasteiger partial charge on any atom is 0.307 e. The number of sulfonamides is 1. The van der Waals surface area contributed by atoms with E-state index in [1.54, 1.807) is 6.92 Å². The maximum absolute atomic E-state index is 12.1. The minimum absolute atomic E-state index is 0.127. The van der Waals surface area contributed by atoms with E-state index in [0.717, 1.165) is 0 Å². The number of benzene rings is 1. The second-order valence-corrected chi connectivity index (χ2v) is 6.95. The van der Waals surface area contributed by atoms with E-state index in [-0.39, 0.29) is 26.5 Å². The van der Waals surface area contributed by atoms with Crippen molar-refractivity contribution in [2.45, 2.75) is 18.2 Å². The van der Waals surface area contributed by atoms with Gasteiger partial charge in [0.15, 0.2) is 0 Å². The van der Waals surface area contributed by atoms with Crippen molar-refractivity contribution in [2.75, 3.05) is 6.54 Å². The molecule has 2 N–H and O–H groups in total. The van der Waals surface area contributed by atoms with Gasteiger partial charge in [-0.2, -0.15) is 0 Å². The molecule has 0 amide bonds. The van der Waals surface area contributed by atoms with Gasteiger partial charge in [-0.05, 0) is 18.6 Å². The molecule has 0 spiro atoms. The van der Waals surface area contributed by atoms with Gasteiger partial charge in [-0.1, -0.05) is 41.7 Å². The van der Waals surface area contributed by atoms with Gasteiger partial charge < -0.3 is 5.11 Å². The third-order valence-electron chi connectivity index (χ3n) is 2.59. The van der Waals surface area contributed by atoms with Crippen molar-refractivity contribution in [2.24, 2.45) is 5.92 Å². The monoisotopic (exact) mass is 359 g/mol. The van der Waals surface area contributed by atoms with Gasteiger partial charge in [0.2, 0.25) is 10.0 Å². The van der Waals surface area contributed by atoms with E-state index in [9.17, 15) is 13.2 Å². The van der Waals surface area contributed by atoms with E-state index in [4.69, 9.17) is 39.9 Å². The molecule has 5 nitrogen and oxygen atoms in total. The van der Waals surface area contributed by atoms with Crippen LogP contribution in [-0.2, 0) is 14.8 Å². The molecule has 0 bridgehead atoms. The summed E-state index contributed by atoms with van der Waals surface area (Å²) in [4.78, 5) is 10.5. The van der Waals surface area contributed by atoms with Crippen molar-refractivity contribution >= 4 is 50.8 Å². The quantitative estimate of drug-likeness (QED) is 0.816. The normalized spacial score (nSPS) is 13.2. The molecule has 0 aliphatic carbocycles. The van der Waals surface area contributed by atoms with Crippen LogP contribution in [0.25, 0.3) is 0 Å². The summed E-state index contributed by atoms with van der Waals surface area (Å²) >= 11 is 17.4. The predicted octanol–water partition coefficient (Wildman–Crippen LogP) is 3.04. The molecule has 0 aromatic heterocycles. The SMILES string of the molecule is CCC(CNS(=O)(=O)c1c(Cl)cc(Cl)cc1Cl)C(=O)O. The predicted molar refractivity (Wildman–Crippen MR) is 78.1 cm³/mol. The van der Waals surface area contributed by atoms with Crippen LogP contribution in [-0.4, -0.2) is 26.0 Å².